The highest BCUT2D eigenvalue weighted by atomic mass is 19.4. The van der Waals surface area contributed by atoms with E-state index in [1.807, 2.05) is 0 Å². The fourth-order valence-electron chi connectivity index (χ4n) is 1.44. The third-order valence-corrected chi connectivity index (χ3v) is 2.11. The summed E-state index contributed by atoms with van der Waals surface area (Å²) in [6.45, 7) is -0.584. The Kier molecular flexibility index (Phi) is 2.38. The van der Waals surface area contributed by atoms with Crippen molar-refractivity contribution in [1.82, 2.24) is 0 Å². The smallest absolute Gasteiger partial charge is 0.449 e. The van der Waals surface area contributed by atoms with E-state index in [4.69, 9.17) is 5.11 Å². The van der Waals surface area contributed by atoms with Gasteiger partial charge in [-0.25, -0.2) is 4.39 Å². The van der Waals surface area contributed by atoms with Crippen molar-refractivity contribution in [2.45, 2.75) is 12.8 Å². The number of hydrogen-bond donors (Lipinski definition) is 1. The number of rotatable bonds is 1. The van der Waals surface area contributed by atoms with Gasteiger partial charge in [-0.05, 0) is 18.2 Å². The summed E-state index contributed by atoms with van der Waals surface area (Å²) in [5.41, 5.74) is -0.151. The molecule has 0 aliphatic heterocycles. The lowest BCUT2D eigenvalue weighted by molar-refractivity contribution is -0.152. The van der Waals surface area contributed by atoms with Crippen LogP contribution in [0.4, 0.5) is 17.6 Å². The van der Waals surface area contributed by atoms with E-state index in [1.165, 1.54) is 0 Å². The van der Waals surface area contributed by atoms with Gasteiger partial charge in [0.2, 0.25) is 5.76 Å². The topological polar surface area (TPSA) is 33.4 Å². The van der Waals surface area contributed by atoms with Gasteiger partial charge in [-0.15, -0.1) is 0 Å². The summed E-state index contributed by atoms with van der Waals surface area (Å²) in [5, 5.41) is 8.85. The lowest BCUT2D eigenvalue weighted by Gasteiger charge is -2.00. The van der Waals surface area contributed by atoms with Gasteiger partial charge < -0.3 is 9.52 Å². The van der Waals surface area contributed by atoms with E-state index in [2.05, 4.69) is 4.42 Å². The molecule has 6 heteroatoms. The van der Waals surface area contributed by atoms with Crippen LogP contribution in [0.15, 0.2) is 22.6 Å². The molecule has 86 valence electrons. The molecule has 2 aromatic rings. The van der Waals surface area contributed by atoms with Crippen LogP contribution < -0.4 is 0 Å². The van der Waals surface area contributed by atoms with E-state index in [-0.39, 0.29) is 16.5 Å². The summed E-state index contributed by atoms with van der Waals surface area (Å²) < 4.78 is 54.5. The highest BCUT2D eigenvalue weighted by Crippen LogP contribution is 2.35. The van der Waals surface area contributed by atoms with Gasteiger partial charge in [0, 0.05) is 10.9 Å². The minimum Gasteiger partial charge on any atom is -0.451 e. The molecule has 2 rings (SSSR count). The first kappa shape index (κ1) is 10.9. The Morgan fingerprint density at radius 3 is 2.44 bits per heavy atom. The van der Waals surface area contributed by atoms with Crippen molar-refractivity contribution < 1.29 is 27.1 Å². The normalized spacial score (nSPS) is 12.3. The van der Waals surface area contributed by atoms with E-state index < -0.39 is 24.4 Å². The van der Waals surface area contributed by atoms with Crippen molar-refractivity contribution in [3.05, 3.63) is 35.3 Å². The van der Waals surface area contributed by atoms with Crippen LogP contribution in [0.25, 0.3) is 11.0 Å². The summed E-state index contributed by atoms with van der Waals surface area (Å²) in [5.74, 6) is -1.92. The van der Waals surface area contributed by atoms with Crippen LogP contribution in [-0.4, -0.2) is 5.11 Å². The Labute approximate surface area is 87.1 Å². The highest BCUT2D eigenvalue weighted by Gasteiger charge is 2.35. The lowest BCUT2D eigenvalue weighted by Crippen LogP contribution is -2.01. The monoisotopic (exact) mass is 234 g/mol. The Morgan fingerprint density at radius 1 is 1.19 bits per heavy atom. The van der Waals surface area contributed by atoms with Crippen molar-refractivity contribution in [1.29, 1.82) is 0 Å². The standard InChI is InChI=1S/C10H6F4O2/c11-7-1-5-3-8(10(12,13)14)16-9(5)6(2-7)4-15/h1-3,15H,4H2. The molecule has 0 atom stereocenters. The molecule has 1 N–H and O–H groups in total. The Balaban J connectivity index is 2.70. The molecule has 1 heterocycles. The zero-order chi connectivity index (χ0) is 11.9. The first-order valence-electron chi connectivity index (χ1n) is 4.32. The molecular formula is C10H6F4O2. The Bertz CT molecular complexity index is 527. The third-order valence-electron chi connectivity index (χ3n) is 2.11. The fraction of sp³-hybridized carbons (Fsp3) is 0.200. The van der Waals surface area contributed by atoms with Gasteiger partial charge in [0.15, 0.2) is 0 Å². The summed E-state index contributed by atoms with van der Waals surface area (Å²) in [4.78, 5) is 0. The maximum atomic E-state index is 13.0. The quantitative estimate of drug-likeness (QED) is 0.769. The molecule has 1 aromatic carbocycles. The minimum atomic E-state index is -4.62. The van der Waals surface area contributed by atoms with Gasteiger partial charge in [0.1, 0.15) is 11.4 Å². The number of benzene rings is 1. The van der Waals surface area contributed by atoms with Crippen LogP contribution in [0.1, 0.15) is 11.3 Å². The molecule has 0 saturated heterocycles. The third kappa shape index (κ3) is 1.76. The number of hydrogen-bond acceptors (Lipinski definition) is 2. The lowest BCUT2D eigenvalue weighted by atomic mass is 10.1. The molecule has 0 amide bonds. The van der Waals surface area contributed by atoms with Gasteiger partial charge in [-0.3, -0.25) is 0 Å². The van der Waals surface area contributed by atoms with Crippen LogP contribution in [0, 0.1) is 5.82 Å². The second-order valence-corrected chi connectivity index (χ2v) is 3.25. The SMILES string of the molecule is OCc1cc(F)cc2cc(C(F)(F)F)oc12. The van der Waals surface area contributed by atoms with E-state index in [0.29, 0.717) is 6.07 Å². The highest BCUT2D eigenvalue weighted by molar-refractivity contribution is 5.81. The molecule has 2 nitrogen and oxygen atoms in total. The average molecular weight is 234 g/mol. The second kappa shape index (κ2) is 3.48. The van der Waals surface area contributed by atoms with Crippen LogP contribution in [0.5, 0.6) is 0 Å². The number of halogens is 4. The molecule has 1 aromatic heterocycles. The molecule has 0 radical (unpaired) electrons. The fourth-order valence-corrected chi connectivity index (χ4v) is 1.44. The molecule has 0 aliphatic rings. The van der Waals surface area contributed by atoms with E-state index in [0.717, 1.165) is 12.1 Å². The van der Waals surface area contributed by atoms with Crippen molar-refractivity contribution >= 4 is 11.0 Å². The first-order chi connectivity index (χ1) is 7.41. The summed E-state index contributed by atoms with van der Waals surface area (Å²) in [7, 11) is 0. The van der Waals surface area contributed by atoms with Gasteiger partial charge in [0.05, 0.1) is 6.61 Å². The van der Waals surface area contributed by atoms with E-state index >= 15 is 0 Å². The maximum Gasteiger partial charge on any atom is 0.449 e. The summed E-state index contributed by atoms with van der Waals surface area (Å²) in [6.07, 6.45) is -4.62. The van der Waals surface area contributed by atoms with Gasteiger partial charge >= 0.3 is 6.18 Å². The van der Waals surface area contributed by atoms with Crippen molar-refractivity contribution in [2.75, 3.05) is 0 Å². The van der Waals surface area contributed by atoms with Gasteiger partial charge in [-0.1, -0.05) is 0 Å². The molecule has 0 bridgehead atoms. The number of furan rings is 1. The summed E-state index contributed by atoms with van der Waals surface area (Å²) in [6, 6.07) is 2.57. The maximum absolute atomic E-state index is 13.0. The molecule has 16 heavy (non-hydrogen) atoms. The number of alkyl halides is 3. The average Bonchev–Trinajstić information content (AvgIpc) is 2.59. The second-order valence-electron chi connectivity index (χ2n) is 3.25. The zero-order valence-electron chi connectivity index (χ0n) is 7.81. The molecule has 0 fully saturated rings. The largest absolute Gasteiger partial charge is 0.451 e. The predicted octanol–water partition coefficient (Wildman–Crippen LogP) is 3.08. The van der Waals surface area contributed by atoms with Crippen LogP contribution in [0.3, 0.4) is 0 Å². The van der Waals surface area contributed by atoms with Crippen molar-refractivity contribution in [2.24, 2.45) is 0 Å². The molecule has 0 saturated carbocycles. The van der Waals surface area contributed by atoms with Crippen LogP contribution in [-0.2, 0) is 12.8 Å². The van der Waals surface area contributed by atoms with Crippen molar-refractivity contribution in [3.8, 4) is 0 Å². The zero-order valence-corrected chi connectivity index (χ0v) is 7.81. The van der Waals surface area contributed by atoms with Crippen molar-refractivity contribution in [3.63, 3.8) is 0 Å². The van der Waals surface area contributed by atoms with Crippen LogP contribution >= 0.6 is 0 Å². The van der Waals surface area contributed by atoms with Gasteiger partial charge in [0.25, 0.3) is 0 Å². The van der Waals surface area contributed by atoms with E-state index in [1.54, 1.807) is 0 Å². The Hall–Kier alpha value is -1.56. The van der Waals surface area contributed by atoms with Crippen LogP contribution in [0.2, 0.25) is 0 Å². The van der Waals surface area contributed by atoms with Gasteiger partial charge in [-0.2, -0.15) is 13.2 Å². The molecule has 0 spiro atoms. The molecular weight excluding hydrogens is 228 g/mol. The number of aliphatic hydroxyl groups excluding tert-OH is 1. The molecule has 0 aliphatic carbocycles. The Morgan fingerprint density at radius 2 is 1.88 bits per heavy atom. The number of aliphatic hydroxyl groups is 1. The minimum absolute atomic E-state index is 0.00880. The van der Waals surface area contributed by atoms with E-state index in [9.17, 15) is 17.6 Å². The predicted molar refractivity (Wildman–Crippen MR) is 47.1 cm³/mol. The first-order valence-corrected chi connectivity index (χ1v) is 4.32. The molecule has 0 unspecified atom stereocenters. The number of fused-ring (bicyclic) bond motifs is 1. The summed E-state index contributed by atoms with van der Waals surface area (Å²) >= 11 is 0.